The predicted octanol–water partition coefficient (Wildman–Crippen LogP) is 2.26. The molecular formula is C20H22N6O. The molecule has 0 unspecified atom stereocenters. The predicted molar refractivity (Wildman–Crippen MR) is 109 cm³/mol. The summed E-state index contributed by atoms with van der Waals surface area (Å²) >= 11 is 0. The fraction of sp³-hybridized carbons (Fsp3) is 0.250. The van der Waals surface area contributed by atoms with Crippen molar-refractivity contribution in [3.05, 3.63) is 59.0 Å². The summed E-state index contributed by atoms with van der Waals surface area (Å²) in [5.41, 5.74) is 2.92. The third kappa shape index (κ3) is 2.67. The highest BCUT2D eigenvalue weighted by molar-refractivity contribution is 6.00. The molecule has 0 aliphatic carbocycles. The third-order valence-electron chi connectivity index (χ3n) is 5.20. The molecule has 5 rings (SSSR count). The first kappa shape index (κ1) is 16.0. The van der Waals surface area contributed by atoms with Gasteiger partial charge in [-0.15, -0.1) is 0 Å². The molecule has 1 aliphatic rings. The van der Waals surface area contributed by atoms with E-state index in [4.69, 9.17) is 4.98 Å². The molecule has 0 bridgehead atoms. The fourth-order valence-electron chi connectivity index (χ4n) is 3.58. The molecule has 0 radical (unpaired) electrons. The van der Waals surface area contributed by atoms with Gasteiger partial charge in [-0.05, 0) is 31.3 Å². The van der Waals surface area contributed by atoms with Crippen molar-refractivity contribution in [2.45, 2.75) is 0 Å². The summed E-state index contributed by atoms with van der Waals surface area (Å²) < 4.78 is 1.55. The minimum absolute atomic E-state index is 0. The molecule has 3 aromatic heterocycles. The average Bonchev–Trinajstić information content (AvgIpc) is 3.06. The number of hydrogen-bond donors (Lipinski definition) is 1. The number of nitrogens with zero attached hydrogens (tertiary/aromatic N) is 5. The second-order valence-electron chi connectivity index (χ2n) is 6.96. The number of likely N-dealkylation sites (N-methyl/N-ethyl adjacent to an activating group) is 1. The van der Waals surface area contributed by atoms with Crippen molar-refractivity contribution in [1.29, 1.82) is 0 Å². The molecule has 1 fully saturated rings. The Bertz CT molecular complexity index is 1180. The van der Waals surface area contributed by atoms with Gasteiger partial charge in [0.1, 0.15) is 11.3 Å². The van der Waals surface area contributed by atoms with Gasteiger partial charge in [0.2, 0.25) is 0 Å². The molecule has 0 spiro atoms. The van der Waals surface area contributed by atoms with E-state index in [0.29, 0.717) is 5.39 Å². The van der Waals surface area contributed by atoms with Gasteiger partial charge in [-0.2, -0.15) is 0 Å². The van der Waals surface area contributed by atoms with E-state index in [2.05, 4.69) is 26.9 Å². The lowest BCUT2D eigenvalue weighted by molar-refractivity contribution is 0.312. The Morgan fingerprint density at radius 3 is 2.59 bits per heavy atom. The van der Waals surface area contributed by atoms with Crippen LogP contribution in [-0.2, 0) is 0 Å². The van der Waals surface area contributed by atoms with Crippen molar-refractivity contribution in [3.8, 4) is 5.69 Å². The highest BCUT2D eigenvalue weighted by Gasteiger charge is 2.18. The lowest BCUT2D eigenvalue weighted by Crippen LogP contribution is -2.44. The van der Waals surface area contributed by atoms with Gasteiger partial charge in [0, 0.05) is 33.8 Å². The number of benzene rings is 1. The number of rotatable bonds is 2. The quantitative estimate of drug-likeness (QED) is 0.592. The molecule has 1 aromatic carbocycles. The van der Waals surface area contributed by atoms with E-state index in [-0.39, 0.29) is 6.99 Å². The fourth-order valence-corrected chi connectivity index (χ4v) is 3.58. The van der Waals surface area contributed by atoms with Crippen LogP contribution in [-0.4, -0.2) is 57.9 Å². The molecule has 1 saturated heterocycles. The molecule has 0 amide bonds. The van der Waals surface area contributed by atoms with Crippen LogP contribution in [0.5, 0.6) is 0 Å². The Balaban J connectivity index is 0.00000192. The number of pyridine rings is 2. The van der Waals surface area contributed by atoms with Crippen LogP contribution in [0.1, 0.15) is 1.43 Å². The van der Waals surface area contributed by atoms with Crippen LogP contribution >= 0.6 is 0 Å². The summed E-state index contributed by atoms with van der Waals surface area (Å²) in [7, 11) is 2.13. The molecule has 1 aliphatic heterocycles. The lowest BCUT2D eigenvalue weighted by atomic mass is 10.2. The van der Waals surface area contributed by atoms with Crippen molar-refractivity contribution >= 4 is 27.8 Å². The van der Waals surface area contributed by atoms with E-state index in [0.717, 1.165) is 54.2 Å². The minimum atomic E-state index is -0.114. The Kier molecular flexibility index (Phi) is 3.68. The first-order valence-electron chi connectivity index (χ1n) is 9.10. The maximum Gasteiger partial charge on any atom is 0.280 e. The van der Waals surface area contributed by atoms with Crippen LogP contribution in [0.4, 0.5) is 5.82 Å². The van der Waals surface area contributed by atoms with Gasteiger partial charge in [0.05, 0.1) is 22.1 Å². The third-order valence-corrected chi connectivity index (χ3v) is 5.20. The summed E-state index contributed by atoms with van der Waals surface area (Å²) in [4.78, 5) is 26.8. The normalized spacial score (nSPS) is 15.7. The van der Waals surface area contributed by atoms with E-state index in [1.165, 1.54) is 0 Å². The Hall–Kier alpha value is -3.19. The van der Waals surface area contributed by atoms with Gasteiger partial charge in [-0.1, -0.05) is 18.2 Å². The van der Waals surface area contributed by atoms with Crippen molar-refractivity contribution in [3.63, 3.8) is 0 Å². The van der Waals surface area contributed by atoms with Gasteiger partial charge in [-0.25, -0.2) is 9.67 Å². The molecule has 0 atom stereocenters. The average molecular weight is 362 g/mol. The Labute approximate surface area is 157 Å². The molecular weight excluding hydrogens is 340 g/mol. The molecule has 1 N–H and O–H groups in total. The van der Waals surface area contributed by atoms with Gasteiger partial charge in [0.25, 0.3) is 5.56 Å². The van der Waals surface area contributed by atoms with Crippen LogP contribution in [0.15, 0.2) is 53.5 Å². The van der Waals surface area contributed by atoms with Crippen molar-refractivity contribution in [2.24, 2.45) is 0 Å². The molecule has 4 aromatic rings. The summed E-state index contributed by atoms with van der Waals surface area (Å²) in [6.45, 7) is 3.92. The zero-order valence-electron chi connectivity index (χ0n) is 15.1. The zero-order valence-corrected chi connectivity index (χ0v) is 15.1. The highest BCUT2D eigenvalue weighted by atomic mass is 16.1. The first-order chi connectivity index (χ1) is 13.2. The number of hydrogen-bond acceptors (Lipinski definition) is 5. The number of nitrogens with one attached hydrogen (secondary N) is 1. The number of aromatic amines is 1. The highest BCUT2D eigenvalue weighted by Crippen LogP contribution is 2.23. The van der Waals surface area contributed by atoms with Crippen molar-refractivity contribution in [1.82, 2.24) is 24.6 Å². The molecule has 7 heteroatoms. The van der Waals surface area contributed by atoms with Crippen LogP contribution in [0, 0.1) is 0 Å². The first-order valence-corrected chi connectivity index (χ1v) is 9.10. The Morgan fingerprint density at radius 2 is 1.81 bits per heavy atom. The minimum Gasteiger partial charge on any atom is -0.354 e. The zero-order chi connectivity index (χ0) is 18.4. The van der Waals surface area contributed by atoms with E-state index >= 15 is 0 Å². The van der Waals surface area contributed by atoms with E-state index in [1.807, 2.05) is 42.5 Å². The maximum absolute atomic E-state index is 12.8. The van der Waals surface area contributed by atoms with Crippen molar-refractivity contribution < 1.29 is 1.43 Å². The SMILES string of the molecule is CN1CCN(c2ccc3ncc4c(=O)n(-c5ccccc5)[nH]c4c3n2)CC1.[HH]. The summed E-state index contributed by atoms with van der Waals surface area (Å²) in [5.74, 6) is 0.929. The summed E-state index contributed by atoms with van der Waals surface area (Å²) in [6, 6.07) is 13.5. The molecule has 27 heavy (non-hydrogen) atoms. The van der Waals surface area contributed by atoms with Crippen LogP contribution in [0.25, 0.3) is 27.6 Å². The monoisotopic (exact) mass is 362 g/mol. The molecule has 7 nitrogen and oxygen atoms in total. The van der Waals surface area contributed by atoms with Gasteiger partial charge >= 0.3 is 0 Å². The smallest absolute Gasteiger partial charge is 0.280 e. The second-order valence-corrected chi connectivity index (χ2v) is 6.96. The molecule has 0 saturated carbocycles. The van der Waals surface area contributed by atoms with E-state index in [9.17, 15) is 4.79 Å². The van der Waals surface area contributed by atoms with E-state index < -0.39 is 0 Å². The van der Waals surface area contributed by atoms with E-state index in [1.54, 1.807) is 10.9 Å². The number of aromatic nitrogens is 4. The molecule has 4 heterocycles. The lowest BCUT2D eigenvalue weighted by Gasteiger charge is -2.33. The molecule has 138 valence electrons. The number of piperazine rings is 1. The number of fused-ring (bicyclic) bond motifs is 3. The number of para-hydroxylation sites is 1. The Morgan fingerprint density at radius 1 is 1.04 bits per heavy atom. The second kappa shape index (κ2) is 6.21. The number of H-pyrrole nitrogens is 1. The van der Waals surface area contributed by atoms with Gasteiger partial charge < -0.3 is 9.80 Å². The number of anilines is 1. The van der Waals surface area contributed by atoms with Crippen molar-refractivity contribution in [2.75, 3.05) is 38.1 Å². The van der Waals surface area contributed by atoms with Gasteiger partial charge in [-0.3, -0.25) is 14.9 Å². The standard InChI is InChI=1S/C20H20N6O.H2/c1-24-9-11-25(12-10-24)17-8-7-16-19(22-17)18-15(13-21-16)20(27)26(23-18)14-5-3-2-4-6-14;/h2-8,13,23H,9-12H2,1H3;1H. The maximum atomic E-state index is 12.8. The largest absolute Gasteiger partial charge is 0.354 e. The van der Waals surface area contributed by atoms with Gasteiger partial charge in [0.15, 0.2) is 0 Å². The van der Waals surface area contributed by atoms with Crippen LogP contribution < -0.4 is 10.5 Å². The van der Waals surface area contributed by atoms with Crippen LogP contribution in [0.2, 0.25) is 0 Å². The van der Waals surface area contributed by atoms with Crippen LogP contribution in [0.3, 0.4) is 0 Å². The topological polar surface area (TPSA) is 70.0 Å². The summed E-state index contributed by atoms with van der Waals surface area (Å²) in [5, 5.41) is 3.79. The summed E-state index contributed by atoms with van der Waals surface area (Å²) in [6.07, 6.45) is 1.63.